The molecule has 1 amide bonds. The van der Waals surface area contributed by atoms with E-state index in [4.69, 9.17) is 9.15 Å². The Morgan fingerprint density at radius 3 is 2.92 bits per heavy atom. The van der Waals surface area contributed by atoms with Crippen molar-refractivity contribution in [2.75, 3.05) is 11.9 Å². The molecule has 0 saturated carbocycles. The van der Waals surface area contributed by atoms with Crippen molar-refractivity contribution in [1.82, 2.24) is 9.97 Å². The number of oxazole rings is 1. The number of benzene rings is 2. The summed E-state index contributed by atoms with van der Waals surface area (Å²) in [5, 5.41) is 3.09. The molecule has 0 atom stereocenters. The molecule has 2 heterocycles. The molecular weight excluding hydrogens is 342 g/mol. The number of aromatic nitrogens is 2. The number of para-hydroxylation sites is 1. The fourth-order valence-corrected chi connectivity index (χ4v) is 3.16. The Morgan fingerprint density at radius 2 is 2.04 bits per heavy atom. The van der Waals surface area contributed by atoms with E-state index >= 15 is 0 Å². The Labute approximate surface area is 145 Å². The van der Waals surface area contributed by atoms with Crippen LogP contribution in [-0.4, -0.2) is 28.5 Å². The van der Waals surface area contributed by atoms with Crippen LogP contribution in [0.2, 0.25) is 0 Å². The normalized spacial score (nSPS) is 10.9. The fraction of sp³-hybridized carbons (Fsp3) is 0.0588. The van der Waals surface area contributed by atoms with Crippen molar-refractivity contribution in [2.45, 2.75) is 0 Å². The molecule has 0 saturated heterocycles. The molecule has 0 aliphatic heterocycles. The van der Waals surface area contributed by atoms with Gasteiger partial charge in [-0.25, -0.2) is 14.8 Å². The largest absolute Gasteiger partial charge is 0.452 e. The van der Waals surface area contributed by atoms with Gasteiger partial charge < -0.3 is 9.15 Å². The summed E-state index contributed by atoms with van der Waals surface area (Å²) in [5.74, 6) is -1.06. The van der Waals surface area contributed by atoms with Gasteiger partial charge in [-0.2, -0.15) is 0 Å². The maximum atomic E-state index is 12.0. The third-order valence-corrected chi connectivity index (χ3v) is 4.39. The zero-order chi connectivity index (χ0) is 17.2. The number of thiazole rings is 1. The maximum Gasteiger partial charge on any atom is 0.338 e. The summed E-state index contributed by atoms with van der Waals surface area (Å²) >= 11 is 1.36. The van der Waals surface area contributed by atoms with Crippen molar-refractivity contribution in [3.63, 3.8) is 0 Å². The van der Waals surface area contributed by atoms with E-state index in [2.05, 4.69) is 15.3 Å². The minimum Gasteiger partial charge on any atom is -0.452 e. The number of fused-ring (bicyclic) bond motifs is 2. The number of hydrogen-bond acceptors (Lipinski definition) is 7. The molecule has 0 radical (unpaired) electrons. The highest BCUT2D eigenvalue weighted by molar-refractivity contribution is 7.22. The van der Waals surface area contributed by atoms with E-state index in [1.54, 1.807) is 12.1 Å². The molecule has 2 aromatic heterocycles. The second-order valence-corrected chi connectivity index (χ2v) is 6.18. The van der Waals surface area contributed by atoms with Gasteiger partial charge in [0.15, 0.2) is 23.7 Å². The first-order valence-corrected chi connectivity index (χ1v) is 8.16. The Bertz CT molecular complexity index is 1050. The monoisotopic (exact) mass is 353 g/mol. The molecule has 124 valence electrons. The van der Waals surface area contributed by atoms with E-state index < -0.39 is 18.5 Å². The number of carbonyl (C=O) groups excluding carboxylic acids is 2. The molecule has 0 aliphatic rings. The van der Waals surface area contributed by atoms with Crippen LogP contribution in [0.4, 0.5) is 5.13 Å². The third kappa shape index (κ3) is 3.20. The van der Waals surface area contributed by atoms with E-state index in [0.29, 0.717) is 16.2 Å². The van der Waals surface area contributed by atoms with Gasteiger partial charge in [-0.3, -0.25) is 10.1 Å². The Hall–Kier alpha value is -3.26. The zero-order valence-corrected chi connectivity index (χ0v) is 13.6. The van der Waals surface area contributed by atoms with Gasteiger partial charge in [0.05, 0.1) is 15.8 Å². The summed E-state index contributed by atoms with van der Waals surface area (Å²) in [6.45, 7) is -0.400. The van der Waals surface area contributed by atoms with E-state index in [1.807, 2.05) is 24.3 Å². The predicted molar refractivity (Wildman–Crippen MR) is 92.5 cm³/mol. The van der Waals surface area contributed by atoms with E-state index in [0.717, 1.165) is 10.2 Å². The molecule has 4 aromatic rings. The second kappa shape index (κ2) is 6.33. The first-order valence-electron chi connectivity index (χ1n) is 7.35. The summed E-state index contributed by atoms with van der Waals surface area (Å²) < 4.78 is 11.1. The molecule has 2 aromatic carbocycles. The van der Waals surface area contributed by atoms with E-state index in [1.165, 1.54) is 23.8 Å². The SMILES string of the molecule is O=C(COC(=O)c1ccc2ncoc2c1)Nc1nc2ccccc2s1. The highest BCUT2D eigenvalue weighted by Gasteiger charge is 2.13. The van der Waals surface area contributed by atoms with Crippen LogP contribution < -0.4 is 5.32 Å². The zero-order valence-electron chi connectivity index (χ0n) is 12.8. The van der Waals surface area contributed by atoms with Gasteiger partial charge in [0.1, 0.15) is 5.52 Å². The van der Waals surface area contributed by atoms with Crippen molar-refractivity contribution in [3.8, 4) is 0 Å². The molecule has 4 rings (SSSR count). The van der Waals surface area contributed by atoms with Crippen LogP contribution in [0.5, 0.6) is 0 Å². The first kappa shape index (κ1) is 15.3. The van der Waals surface area contributed by atoms with Gasteiger partial charge in [0, 0.05) is 0 Å². The van der Waals surface area contributed by atoms with Gasteiger partial charge in [-0.15, -0.1) is 0 Å². The lowest BCUT2D eigenvalue weighted by Crippen LogP contribution is -2.20. The minimum absolute atomic E-state index is 0.289. The summed E-state index contributed by atoms with van der Waals surface area (Å²) in [7, 11) is 0. The number of amides is 1. The number of esters is 1. The molecular formula is C17H11N3O4S. The van der Waals surface area contributed by atoms with Gasteiger partial charge in [0.2, 0.25) is 0 Å². The smallest absolute Gasteiger partial charge is 0.338 e. The van der Waals surface area contributed by atoms with Gasteiger partial charge in [0.25, 0.3) is 5.91 Å². The Balaban J connectivity index is 1.38. The molecule has 0 bridgehead atoms. The van der Waals surface area contributed by atoms with Crippen molar-refractivity contribution in [3.05, 3.63) is 54.4 Å². The number of nitrogens with zero attached hydrogens (tertiary/aromatic N) is 2. The highest BCUT2D eigenvalue weighted by atomic mass is 32.1. The average Bonchev–Trinajstić information content (AvgIpc) is 3.24. The highest BCUT2D eigenvalue weighted by Crippen LogP contribution is 2.25. The van der Waals surface area contributed by atoms with Crippen LogP contribution in [0.25, 0.3) is 21.3 Å². The Kier molecular flexibility index (Phi) is 3.87. The maximum absolute atomic E-state index is 12.0. The number of hydrogen-bond donors (Lipinski definition) is 1. The number of rotatable bonds is 4. The molecule has 0 unspecified atom stereocenters. The minimum atomic E-state index is -0.613. The van der Waals surface area contributed by atoms with Crippen molar-refractivity contribution in [1.29, 1.82) is 0 Å². The third-order valence-electron chi connectivity index (χ3n) is 3.44. The fourth-order valence-electron chi connectivity index (χ4n) is 2.28. The summed E-state index contributed by atoms with van der Waals surface area (Å²) in [6.07, 6.45) is 1.30. The van der Waals surface area contributed by atoms with Crippen LogP contribution in [0.3, 0.4) is 0 Å². The molecule has 0 spiro atoms. The lowest BCUT2D eigenvalue weighted by Gasteiger charge is -2.04. The Morgan fingerprint density at radius 1 is 1.16 bits per heavy atom. The van der Waals surface area contributed by atoms with Crippen molar-refractivity contribution in [2.24, 2.45) is 0 Å². The van der Waals surface area contributed by atoms with Gasteiger partial charge in [-0.1, -0.05) is 23.5 Å². The quantitative estimate of drug-likeness (QED) is 0.566. The number of ether oxygens (including phenoxy) is 1. The van der Waals surface area contributed by atoms with E-state index in [9.17, 15) is 9.59 Å². The van der Waals surface area contributed by atoms with Crippen molar-refractivity contribution < 1.29 is 18.7 Å². The first-order chi connectivity index (χ1) is 12.2. The predicted octanol–water partition coefficient (Wildman–Crippen LogP) is 3.23. The van der Waals surface area contributed by atoms with Crippen LogP contribution in [0, 0.1) is 0 Å². The number of anilines is 1. The molecule has 25 heavy (non-hydrogen) atoms. The molecule has 7 nitrogen and oxygen atoms in total. The molecule has 1 N–H and O–H groups in total. The van der Waals surface area contributed by atoms with Crippen LogP contribution >= 0.6 is 11.3 Å². The van der Waals surface area contributed by atoms with Crippen LogP contribution in [0.1, 0.15) is 10.4 Å². The second-order valence-electron chi connectivity index (χ2n) is 5.15. The lowest BCUT2D eigenvalue weighted by molar-refractivity contribution is -0.119. The standard InChI is InChI=1S/C17H11N3O4S/c21-15(20-17-19-12-3-1-2-4-14(12)25-17)8-23-16(22)10-5-6-11-13(7-10)24-9-18-11/h1-7,9H,8H2,(H,19,20,21). The molecule has 0 fully saturated rings. The summed E-state index contributed by atoms with van der Waals surface area (Å²) in [5.41, 5.74) is 2.22. The molecule has 0 aliphatic carbocycles. The topological polar surface area (TPSA) is 94.3 Å². The number of carbonyl (C=O) groups is 2. The van der Waals surface area contributed by atoms with E-state index in [-0.39, 0.29) is 5.56 Å². The van der Waals surface area contributed by atoms with Crippen LogP contribution in [-0.2, 0) is 9.53 Å². The van der Waals surface area contributed by atoms with Gasteiger partial charge in [-0.05, 0) is 30.3 Å². The number of nitrogens with one attached hydrogen (secondary N) is 1. The lowest BCUT2D eigenvalue weighted by atomic mass is 10.2. The van der Waals surface area contributed by atoms with Gasteiger partial charge >= 0.3 is 5.97 Å². The molecule has 8 heteroatoms. The van der Waals surface area contributed by atoms with Crippen LogP contribution in [0.15, 0.2) is 53.3 Å². The van der Waals surface area contributed by atoms with Crippen molar-refractivity contribution >= 4 is 49.7 Å². The summed E-state index contributed by atoms with van der Waals surface area (Å²) in [6, 6.07) is 12.3. The average molecular weight is 353 g/mol. The summed E-state index contributed by atoms with van der Waals surface area (Å²) in [4.78, 5) is 32.2.